The number of rotatable bonds is 4. The summed E-state index contributed by atoms with van der Waals surface area (Å²) in [5.41, 5.74) is 10.8. The summed E-state index contributed by atoms with van der Waals surface area (Å²) in [6.07, 6.45) is -1.31. The monoisotopic (exact) mass is 373 g/mol. The maximum absolute atomic E-state index is 12.2. The first-order valence-electron chi connectivity index (χ1n) is 6.18. The number of hydrogen-bond donors (Lipinski definition) is 2. The van der Waals surface area contributed by atoms with Gasteiger partial charge in [0, 0.05) is 5.56 Å². The molecule has 0 bridgehead atoms. The SMILES string of the molecule is NC(=O)[C@@H](OC(=O)c1nc(Cl)c(Cl)c(N)c1Cl)c1ccccc1. The Labute approximate surface area is 146 Å². The van der Waals surface area contributed by atoms with Crippen LogP contribution in [0.5, 0.6) is 0 Å². The van der Waals surface area contributed by atoms with Crippen molar-refractivity contribution >= 4 is 52.4 Å². The van der Waals surface area contributed by atoms with E-state index in [4.69, 9.17) is 51.0 Å². The van der Waals surface area contributed by atoms with E-state index in [1.807, 2.05) is 0 Å². The molecule has 6 nitrogen and oxygen atoms in total. The third kappa shape index (κ3) is 3.67. The molecule has 0 aliphatic rings. The van der Waals surface area contributed by atoms with Gasteiger partial charge in [-0.2, -0.15) is 0 Å². The van der Waals surface area contributed by atoms with Gasteiger partial charge in [0.05, 0.1) is 10.7 Å². The predicted molar refractivity (Wildman–Crippen MR) is 87.5 cm³/mol. The van der Waals surface area contributed by atoms with E-state index in [2.05, 4.69) is 4.98 Å². The number of hydrogen-bond acceptors (Lipinski definition) is 5. The number of carbonyl (C=O) groups is 2. The molecule has 23 heavy (non-hydrogen) atoms. The minimum Gasteiger partial charge on any atom is -0.443 e. The van der Waals surface area contributed by atoms with Crippen LogP contribution < -0.4 is 11.5 Å². The predicted octanol–water partition coefficient (Wildman–Crippen LogP) is 3.01. The Morgan fingerprint density at radius 1 is 1.09 bits per heavy atom. The fourth-order valence-corrected chi connectivity index (χ4v) is 2.33. The Kier molecular flexibility index (Phi) is 5.30. The highest BCUT2D eigenvalue weighted by atomic mass is 35.5. The van der Waals surface area contributed by atoms with Gasteiger partial charge in [0.1, 0.15) is 5.02 Å². The van der Waals surface area contributed by atoms with Crippen LogP contribution in [0, 0.1) is 0 Å². The molecule has 0 radical (unpaired) electrons. The van der Waals surface area contributed by atoms with Gasteiger partial charge in [0.25, 0.3) is 5.91 Å². The zero-order chi connectivity index (χ0) is 17.1. The third-order valence-corrected chi connectivity index (χ3v) is 3.99. The molecule has 2 aromatic rings. The summed E-state index contributed by atoms with van der Waals surface area (Å²) in [5, 5.41) is -0.515. The van der Waals surface area contributed by atoms with Crippen LogP contribution in [0.4, 0.5) is 5.69 Å². The minimum absolute atomic E-state index is 0.0808. The molecule has 0 aliphatic carbocycles. The van der Waals surface area contributed by atoms with Gasteiger partial charge in [0.15, 0.2) is 10.8 Å². The standard InChI is InChI=1S/C14H10Cl3N3O3/c15-7-9(18)8(16)12(17)20-10(7)14(22)23-11(13(19)21)6-4-2-1-3-5-6/h1-5,11H,(H2,18,20)(H2,19,21)/t11-/m0/s1. The second-order valence-corrected chi connectivity index (χ2v) is 5.51. The summed E-state index contributed by atoms with van der Waals surface area (Å²) in [4.78, 5) is 27.5. The lowest BCUT2D eigenvalue weighted by molar-refractivity contribution is -0.127. The van der Waals surface area contributed by atoms with Crippen LogP contribution in [0.15, 0.2) is 30.3 Å². The van der Waals surface area contributed by atoms with Crippen molar-refractivity contribution in [1.29, 1.82) is 0 Å². The average molecular weight is 375 g/mol. The number of nitrogen functional groups attached to an aromatic ring is 1. The Bertz CT molecular complexity index is 769. The van der Waals surface area contributed by atoms with Crippen LogP contribution in [0.1, 0.15) is 22.2 Å². The van der Waals surface area contributed by atoms with E-state index in [0.717, 1.165) is 0 Å². The molecule has 2 rings (SSSR count). The van der Waals surface area contributed by atoms with Crippen molar-refractivity contribution in [1.82, 2.24) is 4.98 Å². The van der Waals surface area contributed by atoms with Gasteiger partial charge >= 0.3 is 5.97 Å². The van der Waals surface area contributed by atoms with Crippen molar-refractivity contribution in [2.45, 2.75) is 6.10 Å². The van der Waals surface area contributed by atoms with E-state index in [9.17, 15) is 9.59 Å². The van der Waals surface area contributed by atoms with Gasteiger partial charge in [-0.3, -0.25) is 4.79 Å². The molecule has 0 aliphatic heterocycles. The lowest BCUT2D eigenvalue weighted by Gasteiger charge is -2.16. The van der Waals surface area contributed by atoms with Crippen LogP contribution in [0.25, 0.3) is 0 Å². The molecule has 0 unspecified atom stereocenters. The molecule has 0 saturated heterocycles. The molecular weight excluding hydrogens is 365 g/mol. The number of benzene rings is 1. The molecule has 0 fully saturated rings. The normalized spacial score (nSPS) is 11.8. The fraction of sp³-hybridized carbons (Fsp3) is 0.0714. The van der Waals surface area contributed by atoms with Gasteiger partial charge in [-0.15, -0.1) is 0 Å². The second kappa shape index (κ2) is 7.04. The highest BCUT2D eigenvalue weighted by Gasteiger charge is 2.27. The number of primary amides is 1. The summed E-state index contributed by atoms with van der Waals surface area (Å²) >= 11 is 17.5. The molecule has 1 amide bonds. The molecule has 1 aromatic heterocycles. The zero-order valence-electron chi connectivity index (χ0n) is 11.4. The first kappa shape index (κ1) is 17.3. The highest BCUT2D eigenvalue weighted by molar-refractivity contribution is 6.46. The summed E-state index contributed by atoms with van der Waals surface area (Å²) in [6, 6.07) is 8.24. The van der Waals surface area contributed by atoms with Gasteiger partial charge < -0.3 is 16.2 Å². The van der Waals surface area contributed by atoms with E-state index >= 15 is 0 Å². The molecule has 4 N–H and O–H groups in total. The van der Waals surface area contributed by atoms with Crippen LogP contribution in [-0.2, 0) is 9.53 Å². The zero-order valence-corrected chi connectivity index (χ0v) is 13.7. The Morgan fingerprint density at radius 3 is 2.26 bits per heavy atom. The lowest BCUT2D eigenvalue weighted by atomic mass is 10.1. The number of anilines is 1. The van der Waals surface area contributed by atoms with Crippen LogP contribution >= 0.6 is 34.8 Å². The fourth-order valence-electron chi connectivity index (χ4n) is 1.75. The number of esters is 1. The Balaban J connectivity index is 2.36. The molecule has 1 aromatic carbocycles. The van der Waals surface area contributed by atoms with Crippen molar-refractivity contribution in [3.8, 4) is 0 Å². The van der Waals surface area contributed by atoms with Crippen molar-refractivity contribution in [3.05, 3.63) is 56.8 Å². The summed E-state index contributed by atoms with van der Waals surface area (Å²) in [7, 11) is 0. The van der Waals surface area contributed by atoms with E-state index in [-0.39, 0.29) is 26.6 Å². The number of nitrogens with two attached hydrogens (primary N) is 2. The van der Waals surface area contributed by atoms with Gasteiger partial charge in [-0.25, -0.2) is 9.78 Å². The lowest BCUT2D eigenvalue weighted by Crippen LogP contribution is -2.26. The molecule has 120 valence electrons. The van der Waals surface area contributed by atoms with Crippen LogP contribution in [0.3, 0.4) is 0 Å². The van der Waals surface area contributed by atoms with Gasteiger partial charge in [0.2, 0.25) is 6.10 Å². The number of ether oxygens (including phenoxy) is 1. The van der Waals surface area contributed by atoms with Crippen molar-refractivity contribution in [2.75, 3.05) is 5.73 Å². The minimum atomic E-state index is -1.31. The maximum atomic E-state index is 12.2. The van der Waals surface area contributed by atoms with Crippen molar-refractivity contribution in [2.24, 2.45) is 5.73 Å². The average Bonchev–Trinajstić information content (AvgIpc) is 2.54. The van der Waals surface area contributed by atoms with Crippen molar-refractivity contribution in [3.63, 3.8) is 0 Å². The first-order chi connectivity index (χ1) is 10.8. The largest absolute Gasteiger partial charge is 0.443 e. The molecule has 1 atom stereocenters. The van der Waals surface area contributed by atoms with Crippen LogP contribution in [-0.4, -0.2) is 16.9 Å². The summed E-state index contributed by atoms with van der Waals surface area (Å²) < 4.78 is 5.10. The number of pyridine rings is 1. The number of aromatic nitrogens is 1. The summed E-state index contributed by atoms with van der Waals surface area (Å²) in [6.45, 7) is 0. The number of amides is 1. The van der Waals surface area contributed by atoms with Gasteiger partial charge in [-0.1, -0.05) is 65.1 Å². The van der Waals surface area contributed by atoms with E-state index in [1.165, 1.54) is 0 Å². The molecule has 1 heterocycles. The van der Waals surface area contributed by atoms with E-state index in [0.29, 0.717) is 5.56 Å². The quantitative estimate of drug-likeness (QED) is 0.631. The first-order valence-corrected chi connectivity index (χ1v) is 7.31. The smallest absolute Gasteiger partial charge is 0.359 e. The molecule has 9 heteroatoms. The highest BCUT2D eigenvalue weighted by Crippen LogP contribution is 2.35. The number of halogens is 3. The summed E-state index contributed by atoms with van der Waals surface area (Å²) in [5.74, 6) is -1.86. The topological polar surface area (TPSA) is 108 Å². The Hall–Kier alpha value is -2.02. The maximum Gasteiger partial charge on any atom is 0.359 e. The number of carbonyl (C=O) groups excluding carboxylic acids is 2. The van der Waals surface area contributed by atoms with Crippen LogP contribution in [0.2, 0.25) is 15.2 Å². The Morgan fingerprint density at radius 2 is 1.70 bits per heavy atom. The number of nitrogens with zero attached hydrogens (tertiary/aromatic N) is 1. The van der Waals surface area contributed by atoms with Crippen molar-refractivity contribution < 1.29 is 14.3 Å². The van der Waals surface area contributed by atoms with Gasteiger partial charge in [-0.05, 0) is 0 Å². The molecular formula is C14H10Cl3N3O3. The molecule has 0 saturated carbocycles. The second-order valence-electron chi connectivity index (χ2n) is 4.39. The van der Waals surface area contributed by atoms with E-state index < -0.39 is 18.0 Å². The third-order valence-electron chi connectivity index (χ3n) is 2.85. The van der Waals surface area contributed by atoms with E-state index in [1.54, 1.807) is 30.3 Å². The molecule has 0 spiro atoms.